The largest absolute Gasteiger partial charge is 0.368 e. The molecule has 0 saturated carbocycles. The van der Waals surface area contributed by atoms with E-state index in [-0.39, 0.29) is 11.5 Å². The number of nitrogen functional groups attached to an aromatic ring is 1. The van der Waals surface area contributed by atoms with Crippen molar-refractivity contribution in [3.63, 3.8) is 0 Å². The summed E-state index contributed by atoms with van der Waals surface area (Å²) in [5, 5.41) is 1.18. The van der Waals surface area contributed by atoms with Crippen LogP contribution in [0.3, 0.4) is 0 Å². The summed E-state index contributed by atoms with van der Waals surface area (Å²) in [6.45, 7) is 3.64. The maximum absolute atomic E-state index is 11.3. The molecule has 0 atom stereocenters. The topological polar surface area (TPSA) is 97.5 Å². The van der Waals surface area contributed by atoms with Crippen molar-refractivity contribution in [1.82, 2.24) is 19.9 Å². The Bertz CT molecular complexity index is 610. The van der Waals surface area contributed by atoms with Crippen LogP contribution in [0.2, 0.25) is 0 Å². The van der Waals surface area contributed by atoms with Gasteiger partial charge < -0.3 is 10.7 Å². The lowest BCUT2D eigenvalue weighted by atomic mass is 10.4. The predicted octanol–water partition coefficient (Wildman–Crippen LogP) is 0.910. The Kier molecular flexibility index (Phi) is 3.10. The summed E-state index contributed by atoms with van der Waals surface area (Å²) >= 11 is 1.26. The third-order valence-electron chi connectivity index (χ3n) is 1.99. The Morgan fingerprint density at radius 2 is 2.12 bits per heavy atom. The van der Waals surface area contributed by atoms with Gasteiger partial charge in [-0.15, -0.1) is 0 Å². The van der Waals surface area contributed by atoms with E-state index in [0.29, 0.717) is 15.9 Å². The fourth-order valence-corrected chi connectivity index (χ4v) is 2.11. The fourth-order valence-electron chi connectivity index (χ4n) is 1.23. The minimum Gasteiger partial charge on any atom is -0.368 e. The Morgan fingerprint density at radius 1 is 1.35 bits per heavy atom. The lowest BCUT2D eigenvalue weighted by molar-refractivity contribution is 0.898. The second kappa shape index (κ2) is 4.54. The molecule has 17 heavy (non-hydrogen) atoms. The molecule has 0 radical (unpaired) electrons. The molecule has 0 spiro atoms. The molecule has 0 aliphatic heterocycles. The van der Waals surface area contributed by atoms with E-state index < -0.39 is 0 Å². The summed E-state index contributed by atoms with van der Waals surface area (Å²) in [5.74, 6) is 0.202. The van der Waals surface area contributed by atoms with Crippen LogP contribution in [0.1, 0.15) is 11.3 Å². The lowest BCUT2D eigenvalue weighted by Gasteiger charge is -2.04. The Morgan fingerprint density at radius 3 is 2.82 bits per heavy atom. The smallest absolute Gasteiger partial charge is 0.251 e. The van der Waals surface area contributed by atoms with Crippen molar-refractivity contribution < 1.29 is 0 Å². The molecule has 2 rings (SSSR count). The second-order valence-corrected chi connectivity index (χ2v) is 4.49. The molecule has 7 heteroatoms. The van der Waals surface area contributed by atoms with Gasteiger partial charge in [0.05, 0.1) is 0 Å². The van der Waals surface area contributed by atoms with E-state index in [2.05, 4.69) is 19.9 Å². The van der Waals surface area contributed by atoms with Crippen LogP contribution in [0, 0.1) is 13.8 Å². The van der Waals surface area contributed by atoms with E-state index in [1.807, 2.05) is 6.92 Å². The number of aromatic amines is 1. The first kappa shape index (κ1) is 11.6. The summed E-state index contributed by atoms with van der Waals surface area (Å²) in [6.07, 6.45) is 1.64. The molecule has 2 heterocycles. The molecule has 2 aromatic rings. The van der Waals surface area contributed by atoms with Crippen molar-refractivity contribution in [3.05, 3.63) is 33.9 Å². The van der Waals surface area contributed by atoms with Crippen molar-refractivity contribution in [2.24, 2.45) is 0 Å². The molecule has 0 unspecified atom stereocenters. The molecule has 6 nitrogen and oxygen atoms in total. The molecular weight excluding hydrogens is 238 g/mol. The standard InChI is InChI=1S/C10H11N5OS/c1-5-4-12-9(11)15-8(5)17-10-13-6(2)3-7(16)14-10/h3-4H,1-2H3,(H2,11,12,15)(H,13,14,16). The molecule has 2 aromatic heterocycles. The number of H-pyrrole nitrogens is 1. The zero-order valence-corrected chi connectivity index (χ0v) is 10.2. The first-order valence-corrected chi connectivity index (χ1v) is 5.71. The van der Waals surface area contributed by atoms with Crippen molar-refractivity contribution in [1.29, 1.82) is 0 Å². The van der Waals surface area contributed by atoms with Gasteiger partial charge in [0.15, 0.2) is 5.16 Å². The molecular formula is C10H11N5OS. The molecule has 3 N–H and O–H groups in total. The number of nitrogens with one attached hydrogen (secondary N) is 1. The van der Waals surface area contributed by atoms with Crippen LogP contribution in [0.5, 0.6) is 0 Å². The number of hydrogen-bond acceptors (Lipinski definition) is 6. The first-order valence-electron chi connectivity index (χ1n) is 4.89. The third-order valence-corrected chi connectivity index (χ3v) is 2.98. The van der Waals surface area contributed by atoms with Crippen LogP contribution in [0.15, 0.2) is 27.2 Å². The highest BCUT2D eigenvalue weighted by atomic mass is 32.2. The summed E-state index contributed by atoms with van der Waals surface area (Å²) in [4.78, 5) is 26.1. The van der Waals surface area contributed by atoms with Gasteiger partial charge in [0.25, 0.3) is 5.56 Å². The van der Waals surface area contributed by atoms with E-state index in [9.17, 15) is 4.79 Å². The molecule has 0 aromatic carbocycles. The highest BCUT2D eigenvalue weighted by molar-refractivity contribution is 7.99. The first-order chi connectivity index (χ1) is 8.04. The van der Waals surface area contributed by atoms with Crippen LogP contribution >= 0.6 is 11.8 Å². The predicted molar refractivity (Wildman–Crippen MR) is 64.9 cm³/mol. The van der Waals surface area contributed by atoms with Crippen LogP contribution in [-0.2, 0) is 0 Å². The summed E-state index contributed by atoms with van der Waals surface area (Å²) in [5.41, 5.74) is 6.88. The molecule has 0 fully saturated rings. The Hall–Kier alpha value is -1.89. The molecule has 0 amide bonds. The monoisotopic (exact) mass is 249 g/mol. The van der Waals surface area contributed by atoms with Crippen molar-refractivity contribution in [2.75, 3.05) is 5.73 Å². The SMILES string of the molecule is Cc1cc(=O)[nH]c(Sc2nc(N)ncc2C)n1. The van der Waals surface area contributed by atoms with Crippen molar-refractivity contribution in [3.8, 4) is 0 Å². The van der Waals surface area contributed by atoms with E-state index in [1.54, 1.807) is 13.1 Å². The van der Waals surface area contributed by atoms with Crippen LogP contribution in [0.4, 0.5) is 5.95 Å². The Labute approximate surface area is 102 Å². The van der Waals surface area contributed by atoms with Gasteiger partial charge in [0, 0.05) is 23.5 Å². The minimum atomic E-state index is -0.181. The minimum absolute atomic E-state index is 0.181. The van der Waals surface area contributed by atoms with Crippen LogP contribution < -0.4 is 11.3 Å². The van der Waals surface area contributed by atoms with E-state index >= 15 is 0 Å². The maximum Gasteiger partial charge on any atom is 0.251 e. The van der Waals surface area contributed by atoms with Gasteiger partial charge in [-0.05, 0) is 25.6 Å². The van der Waals surface area contributed by atoms with Gasteiger partial charge in [-0.2, -0.15) is 0 Å². The lowest BCUT2D eigenvalue weighted by Crippen LogP contribution is -2.08. The van der Waals surface area contributed by atoms with Gasteiger partial charge in [0.1, 0.15) is 5.03 Å². The third kappa shape index (κ3) is 2.82. The highest BCUT2D eigenvalue weighted by Crippen LogP contribution is 2.24. The van der Waals surface area contributed by atoms with E-state index in [1.165, 1.54) is 17.8 Å². The number of nitrogens with two attached hydrogens (primary N) is 1. The number of nitrogens with zero attached hydrogens (tertiary/aromatic N) is 3. The molecule has 0 aliphatic carbocycles. The molecule has 0 aliphatic rings. The maximum atomic E-state index is 11.3. The average molecular weight is 249 g/mol. The number of aromatic nitrogens is 4. The normalized spacial score (nSPS) is 10.5. The number of aryl methyl sites for hydroxylation is 2. The molecule has 88 valence electrons. The Balaban J connectivity index is 2.37. The van der Waals surface area contributed by atoms with Crippen molar-refractivity contribution >= 4 is 17.7 Å². The van der Waals surface area contributed by atoms with Crippen LogP contribution in [0.25, 0.3) is 0 Å². The van der Waals surface area contributed by atoms with Gasteiger partial charge in [-0.25, -0.2) is 15.0 Å². The van der Waals surface area contributed by atoms with E-state index in [4.69, 9.17) is 5.73 Å². The van der Waals surface area contributed by atoms with Gasteiger partial charge >= 0.3 is 0 Å². The molecule has 0 bridgehead atoms. The average Bonchev–Trinajstić information content (AvgIpc) is 2.22. The van der Waals surface area contributed by atoms with Gasteiger partial charge in [0.2, 0.25) is 5.95 Å². The van der Waals surface area contributed by atoms with Crippen LogP contribution in [-0.4, -0.2) is 19.9 Å². The van der Waals surface area contributed by atoms with Gasteiger partial charge in [-0.1, -0.05) is 0 Å². The quantitative estimate of drug-likeness (QED) is 0.606. The number of rotatable bonds is 2. The van der Waals surface area contributed by atoms with E-state index in [0.717, 1.165) is 5.56 Å². The summed E-state index contributed by atoms with van der Waals surface area (Å²) in [6, 6.07) is 1.44. The fraction of sp³-hybridized carbons (Fsp3) is 0.200. The number of anilines is 1. The zero-order chi connectivity index (χ0) is 12.4. The van der Waals surface area contributed by atoms with Crippen molar-refractivity contribution in [2.45, 2.75) is 24.0 Å². The molecule has 0 saturated heterocycles. The number of hydrogen-bond donors (Lipinski definition) is 2. The summed E-state index contributed by atoms with van der Waals surface area (Å²) < 4.78 is 0. The highest BCUT2D eigenvalue weighted by Gasteiger charge is 2.07. The second-order valence-electron chi connectivity index (χ2n) is 3.51. The summed E-state index contributed by atoms with van der Waals surface area (Å²) in [7, 11) is 0. The van der Waals surface area contributed by atoms with Gasteiger partial charge in [-0.3, -0.25) is 4.79 Å². The zero-order valence-electron chi connectivity index (χ0n) is 9.39.